The van der Waals surface area contributed by atoms with Gasteiger partial charge in [-0.15, -0.1) is 0 Å². The zero-order chi connectivity index (χ0) is 11.3. The van der Waals surface area contributed by atoms with Crippen LogP contribution in [0.1, 0.15) is 12.0 Å². The average Bonchev–Trinajstić information content (AvgIpc) is 2.14. The molecular formula is C10H11FN2OS. The van der Waals surface area contributed by atoms with Crippen LogP contribution >= 0.6 is 12.2 Å². The number of nitrogens with two attached hydrogens (primary N) is 1. The molecule has 15 heavy (non-hydrogen) atoms. The number of hydrogen-bond donors (Lipinski definition) is 2. The van der Waals surface area contributed by atoms with E-state index >= 15 is 0 Å². The molecular weight excluding hydrogens is 215 g/mol. The molecule has 0 heterocycles. The number of carbonyl (C=O) groups excluding carboxylic acids is 1. The first kappa shape index (κ1) is 11.6. The van der Waals surface area contributed by atoms with Crippen LogP contribution in [-0.4, -0.2) is 10.9 Å². The topological polar surface area (TPSA) is 55.1 Å². The van der Waals surface area contributed by atoms with E-state index in [1.807, 2.05) is 0 Å². The third-order valence-electron chi connectivity index (χ3n) is 1.71. The van der Waals surface area contributed by atoms with Crippen LogP contribution in [0.15, 0.2) is 24.3 Å². The van der Waals surface area contributed by atoms with Crippen molar-refractivity contribution in [2.24, 2.45) is 5.73 Å². The van der Waals surface area contributed by atoms with Gasteiger partial charge in [0.15, 0.2) is 0 Å². The largest absolute Gasteiger partial charge is 0.393 e. The van der Waals surface area contributed by atoms with Crippen molar-refractivity contribution in [1.82, 2.24) is 5.32 Å². The summed E-state index contributed by atoms with van der Waals surface area (Å²) in [6.07, 6.45) is 0.0185. The smallest absolute Gasteiger partial charge is 0.227 e. The Bertz CT molecular complexity index is 381. The molecule has 1 aromatic rings. The van der Waals surface area contributed by atoms with Gasteiger partial charge < -0.3 is 11.1 Å². The summed E-state index contributed by atoms with van der Waals surface area (Å²) >= 11 is 4.58. The number of nitrogens with one attached hydrogen (secondary N) is 1. The Morgan fingerprint density at radius 1 is 1.53 bits per heavy atom. The van der Waals surface area contributed by atoms with Crippen molar-refractivity contribution in [3.63, 3.8) is 0 Å². The maximum absolute atomic E-state index is 12.7. The van der Waals surface area contributed by atoms with Gasteiger partial charge in [-0.2, -0.15) is 0 Å². The molecule has 3 nitrogen and oxygen atoms in total. The van der Waals surface area contributed by atoms with E-state index in [-0.39, 0.29) is 29.7 Å². The van der Waals surface area contributed by atoms with Crippen molar-refractivity contribution in [1.29, 1.82) is 0 Å². The van der Waals surface area contributed by atoms with Gasteiger partial charge in [0.2, 0.25) is 5.91 Å². The Hall–Kier alpha value is -1.49. The Balaban J connectivity index is 2.43. The summed E-state index contributed by atoms with van der Waals surface area (Å²) in [5.41, 5.74) is 5.90. The van der Waals surface area contributed by atoms with Gasteiger partial charge in [0.05, 0.1) is 11.4 Å². The Labute approximate surface area is 92.5 Å². The van der Waals surface area contributed by atoms with Crippen molar-refractivity contribution in [3.8, 4) is 0 Å². The van der Waals surface area contributed by atoms with Gasteiger partial charge in [-0.05, 0) is 17.7 Å². The molecule has 0 aliphatic heterocycles. The molecule has 3 N–H and O–H groups in total. The first-order valence-corrected chi connectivity index (χ1v) is 4.78. The third-order valence-corrected chi connectivity index (χ3v) is 1.86. The van der Waals surface area contributed by atoms with Crippen LogP contribution in [0.2, 0.25) is 0 Å². The summed E-state index contributed by atoms with van der Waals surface area (Å²) in [6.45, 7) is 0.277. The van der Waals surface area contributed by atoms with E-state index in [2.05, 4.69) is 17.5 Å². The highest BCUT2D eigenvalue weighted by molar-refractivity contribution is 7.80. The SMILES string of the molecule is NC(=S)CC(=O)NCc1cccc(F)c1. The molecule has 5 heteroatoms. The third kappa shape index (κ3) is 4.51. The second-order valence-electron chi connectivity index (χ2n) is 3.05. The molecule has 0 fully saturated rings. The van der Waals surface area contributed by atoms with Gasteiger partial charge >= 0.3 is 0 Å². The molecule has 80 valence electrons. The lowest BCUT2D eigenvalue weighted by Crippen LogP contribution is -2.27. The number of thiocarbonyl (C=S) groups is 1. The lowest BCUT2D eigenvalue weighted by molar-refractivity contribution is -0.120. The number of benzene rings is 1. The van der Waals surface area contributed by atoms with Crippen molar-refractivity contribution >= 4 is 23.1 Å². The summed E-state index contributed by atoms with van der Waals surface area (Å²) in [5.74, 6) is -0.581. The highest BCUT2D eigenvalue weighted by Crippen LogP contribution is 2.02. The maximum Gasteiger partial charge on any atom is 0.227 e. The van der Waals surface area contributed by atoms with E-state index in [1.54, 1.807) is 12.1 Å². The van der Waals surface area contributed by atoms with Crippen molar-refractivity contribution in [2.75, 3.05) is 0 Å². The molecule has 1 rings (SSSR count). The van der Waals surface area contributed by atoms with Gasteiger partial charge in [-0.1, -0.05) is 24.4 Å². The van der Waals surface area contributed by atoms with E-state index in [9.17, 15) is 9.18 Å². The minimum Gasteiger partial charge on any atom is -0.393 e. The van der Waals surface area contributed by atoms with E-state index in [4.69, 9.17) is 5.73 Å². The zero-order valence-corrected chi connectivity index (χ0v) is 8.81. The molecule has 0 radical (unpaired) electrons. The van der Waals surface area contributed by atoms with Crippen LogP contribution < -0.4 is 11.1 Å². The second kappa shape index (κ2) is 5.41. The summed E-state index contributed by atoms with van der Waals surface area (Å²) in [5, 5.41) is 2.58. The zero-order valence-electron chi connectivity index (χ0n) is 8.00. The highest BCUT2D eigenvalue weighted by atomic mass is 32.1. The number of hydrogen-bond acceptors (Lipinski definition) is 2. The Morgan fingerprint density at radius 2 is 2.27 bits per heavy atom. The fraction of sp³-hybridized carbons (Fsp3) is 0.200. The molecule has 0 atom stereocenters. The summed E-state index contributed by atoms with van der Waals surface area (Å²) in [4.78, 5) is 11.3. The molecule has 0 aromatic heterocycles. The molecule has 1 amide bonds. The lowest BCUT2D eigenvalue weighted by Gasteiger charge is -2.04. The monoisotopic (exact) mass is 226 g/mol. The van der Waals surface area contributed by atoms with Gasteiger partial charge in [0.25, 0.3) is 0 Å². The minimum atomic E-state index is -0.323. The molecule has 0 aliphatic rings. The predicted octanol–water partition coefficient (Wildman–Crippen LogP) is 1.12. The number of halogens is 1. The molecule has 0 unspecified atom stereocenters. The predicted molar refractivity (Wildman–Crippen MR) is 59.6 cm³/mol. The first-order valence-electron chi connectivity index (χ1n) is 4.37. The van der Waals surface area contributed by atoms with E-state index in [1.165, 1.54) is 12.1 Å². The van der Waals surface area contributed by atoms with Gasteiger partial charge in [0.1, 0.15) is 5.82 Å². The van der Waals surface area contributed by atoms with Crippen molar-refractivity contribution in [3.05, 3.63) is 35.6 Å². The highest BCUT2D eigenvalue weighted by Gasteiger charge is 2.02. The maximum atomic E-state index is 12.7. The number of rotatable bonds is 4. The van der Waals surface area contributed by atoms with Crippen LogP contribution in [0.25, 0.3) is 0 Å². The van der Waals surface area contributed by atoms with Crippen LogP contribution in [0.3, 0.4) is 0 Å². The molecule has 0 spiro atoms. The van der Waals surface area contributed by atoms with Gasteiger partial charge in [-0.3, -0.25) is 4.79 Å². The standard InChI is InChI=1S/C10H11FN2OS/c11-8-3-1-2-7(4-8)6-13-10(14)5-9(12)15/h1-4H,5-6H2,(H2,12,15)(H,13,14). The second-order valence-corrected chi connectivity index (χ2v) is 3.57. The van der Waals surface area contributed by atoms with Crippen molar-refractivity contribution in [2.45, 2.75) is 13.0 Å². The van der Waals surface area contributed by atoms with Crippen LogP contribution in [0, 0.1) is 5.82 Å². The van der Waals surface area contributed by atoms with Crippen molar-refractivity contribution < 1.29 is 9.18 Å². The lowest BCUT2D eigenvalue weighted by atomic mass is 10.2. The van der Waals surface area contributed by atoms with Gasteiger partial charge in [-0.25, -0.2) is 4.39 Å². The summed E-state index contributed by atoms with van der Waals surface area (Å²) in [6, 6.07) is 6.02. The summed E-state index contributed by atoms with van der Waals surface area (Å²) < 4.78 is 12.7. The molecule has 0 aliphatic carbocycles. The number of amides is 1. The fourth-order valence-corrected chi connectivity index (χ4v) is 1.20. The van der Waals surface area contributed by atoms with E-state index < -0.39 is 0 Å². The van der Waals surface area contributed by atoms with E-state index in [0.717, 1.165) is 0 Å². The summed E-state index contributed by atoms with van der Waals surface area (Å²) in [7, 11) is 0. The molecule has 0 saturated carbocycles. The van der Waals surface area contributed by atoms with Crippen LogP contribution in [0.5, 0.6) is 0 Å². The normalized spacial score (nSPS) is 9.67. The van der Waals surface area contributed by atoms with Gasteiger partial charge in [0, 0.05) is 6.54 Å². The molecule has 0 bridgehead atoms. The number of carbonyl (C=O) groups is 1. The quantitative estimate of drug-likeness (QED) is 0.756. The Kier molecular flexibility index (Phi) is 4.17. The Morgan fingerprint density at radius 3 is 2.87 bits per heavy atom. The van der Waals surface area contributed by atoms with E-state index in [0.29, 0.717) is 5.56 Å². The fourth-order valence-electron chi connectivity index (χ4n) is 1.07. The minimum absolute atomic E-state index is 0.0185. The average molecular weight is 226 g/mol. The molecule has 0 saturated heterocycles. The van der Waals surface area contributed by atoms with Crippen LogP contribution in [-0.2, 0) is 11.3 Å². The van der Waals surface area contributed by atoms with Crippen LogP contribution in [0.4, 0.5) is 4.39 Å². The first-order chi connectivity index (χ1) is 7.08. The molecule has 1 aromatic carbocycles.